The molecule has 0 radical (unpaired) electrons. The van der Waals surface area contributed by atoms with Crippen molar-refractivity contribution in [1.82, 2.24) is 4.90 Å². The van der Waals surface area contributed by atoms with Gasteiger partial charge in [0.1, 0.15) is 18.0 Å². The topological polar surface area (TPSA) is 76.1 Å². The number of methoxy groups -OCH3 is 2. The number of hydrogen-bond donors (Lipinski definition) is 1. The molecule has 110 valence electrons. The average Bonchev–Trinajstić information content (AvgIpc) is 2.45. The van der Waals surface area contributed by atoms with E-state index in [4.69, 9.17) is 4.74 Å². The number of esters is 1. The highest BCUT2D eigenvalue weighted by atomic mass is 16.5. The van der Waals surface area contributed by atoms with Crippen LogP contribution in [-0.4, -0.2) is 49.2 Å². The Labute approximate surface area is 117 Å². The van der Waals surface area contributed by atoms with Crippen LogP contribution in [0.1, 0.15) is 23.7 Å². The van der Waals surface area contributed by atoms with Crippen molar-refractivity contribution in [1.29, 1.82) is 0 Å². The van der Waals surface area contributed by atoms with Crippen LogP contribution in [0.25, 0.3) is 0 Å². The highest BCUT2D eigenvalue weighted by molar-refractivity contribution is 5.98. The van der Waals surface area contributed by atoms with Crippen molar-refractivity contribution in [3.8, 4) is 11.5 Å². The van der Waals surface area contributed by atoms with E-state index in [0.717, 1.165) is 0 Å². The zero-order chi connectivity index (χ0) is 15.1. The van der Waals surface area contributed by atoms with E-state index in [2.05, 4.69) is 4.74 Å². The summed E-state index contributed by atoms with van der Waals surface area (Å²) in [6.45, 7) is 2.15. The lowest BCUT2D eigenvalue weighted by Crippen LogP contribution is -2.36. The van der Waals surface area contributed by atoms with Crippen LogP contribution in [0.3, 0.4) is 0 Å². The molecule has 0 unspecified atom stereocenters. The summed E-state index contributed by atoms with van der Waals surface area (Å²) in [5, 5.41) is 9.86. The van der Waals surface area contributed by atoms with Crippen molar-refractivity contribution in [3.63, 3.8) is 0 Å². The number of benzene rings is 1. The molecule has 20 heavy (non-hydrogen) atoms. The Morgan fingerprint density at radius 1 is 1.30 bits per heavy atom. The van der Waals surface area contributed by atoms with Gasteiger partial charge in [0.15, 0.2) is 0 Å². The van der Waals surface area contributed by atoms with Gasteiger partial charge in [-0.2, -0.15) is 0 Å². The van der Waals surface area contributed by atoms with Gasteiger partial charge in [0.2, 0.25) is 0 Å². The van der Waals surface area contributed by atoms with E-state index in [1.54, 1.807) is 6.07 Å². The van der Waals surface area contributed by atoms with Gasteiger partial charge >= 0.3 is 5.97 Å². The van der Waals surface area contributed by atoms with E-state index in [9.17, 15) is 14.7 Å². The lowest BCUT2D eigenvalue weighted by Gasteiger charge is -2.21. The number of rotatable bonds is 6. The van der Waals surface area contributed by atoms with Crippen LogP contribution in [0.15, 0.2) is 18.2 Å². The largest absolute Gasteiger partial charge is 0.507 e. The molecule has 0 spiro atoms. The summed E-state index contributed by atoms with van der Waals surface area (Å²) in [6, 6.07) is 4.40. The monoisotopic (exact) mass is 281 g/mol. The first-order valence-electron chi connectivity index (χ1n) is 6.26. The predicted octanol–water partition coefficient (Wildman–Crippen LogP) is 1.43. The summed E-state index contributed by atoms with van der Waals surface area (Å²) in [4.78, 5) is 25.0. The molecule has 1 amide bonds. The van der Waals surface area contributed by atoms with Crippen molar-refractivity contribution in [2.24, 2.45) is 0 Å². The number of hydrogen-bond acceptors (Lipinski definition) is 5. The van der Waals surface area contributed by atoms with E-state index in [1.807, 2.05) is 6.92 Å². The molecule has 0 bridgehead atoms. The molecule has 0 saturated heterocycles. The maximum atomic E-state index is 12.3. The third-order valence-corrected chi connectivity index (χ3v) is 2.76. The molecule has 1 aromatic rings. The highest BCUT2D eigenvalue weighted by Crippen LogP contribution is 2.24. The first kappa shape index (κ1) is 15.8. The highest BCUT2D eigenvalue weighted by Gasteiger charge is 2.21. The minimum atomic E-state index is -0.500. The van der Waals surface area contributed by atoms with Gasteiger partial charge in [0, 0.05) is 12.6 Å². The molecular formula is C14H19NO5. The zero-order valence-corrected chi connectivity index (χ0v) is 11.9. The molecular weight excluding hydrogens is 262 g/mol. The lowest BCUT2D eigenvalue weighted by atomic mass is 10.1. The first-order chi connectivity index (χ1) is 9.53. The van der Waals surface area contributed by atoms with Crippen LogP contribution in [-0.2, 0) is 9.53 Å². The number of nitrogens with zero attached hydrogens (tertiary/aromatic N) is 1. The molecule has 1 rings (SSSR count). The van der Waals surface area contributed by atoms with Gasteiger partial charge in [-0.3, -0.25) is 9.59 Å². The van der Waals surface area contributed by atoms with Crippen LogP contribution in [0.2, 0.25) is 0 Å². The molecule has 0 aromatic heterocycles. The zero-order valence-electron chi connectivity index (χ0n) is 11.9. The van der Waals surface area contributed by atoms with Gasteiger partial charge < -0.3 is 19.5 Å². The minimum absolute atomic E-state index is 0.128. The second-order valence-corrected chi connectivity index (χ2v) is 4.19. The number of carbonyl (C=O) groups is 2. The maximum absolute atomic E-state index is 12.3. The molecule has 0 fully saturated rings. The number of amides is 1. The molecule has 0 saturated carbocycles. The average molecular weight is 281 g/mol. The molecule has 1 N–H and O–H groups in total. The molecule has 0 atom stereocenters. The Morgan fingerprint density at radius 3 is 2.50 bits per heavy atom. The van der Waals surface area contributed by atoms with E-state index in [0.29, 0.717) is 18.7 Å². The summed E-state index contributed by atoms with van der Waals surface area (Å²) in [5.41, 5.74) is 0.128. The number of aromatic hydroxyl groups is 1. The SMILES string of the molecule is CCCN(CC(=O)OC)C(=O)c1ccc(OC)cc1O. The van der Waals surface area contributed by atoms with E-state index < -0.39 is 11.9 Å². The predicted molar refractivity (Wildman–Crippen MR) is 72.9 cm³/mol. The van der Waals surface area contributed by atoms with E-state index in [1.165, 1.54) is 31.3 Å². The van der Waals surface area contributed by atoms with Crippen LogP contribution < -0.4 is 4.74 Å². The summed E-state index contributed by atoms with van der Waals surface area (Å²) in [5.74, 6) is -0.647. The fourth-order valence-electron chi connectivity index (χ4n) is 1.73. The number of phenols is 1. The summed E-state index contributed by atoms with van der Waals surface area (Å²) in [6.07, 6.45) is 0.694. The molecule has 0 heterocycles. The maximum Gasteiger partial charge on any atom is 0.325 e. The van der Waals surface area contributed by atoms with Gasteiger partial charge in [-0.15, -0.1) is 0 Å². The Bertz CT molecular complexity index is 486. The van der Waals surface area contributed by atoms with Gasteiger partial charge in [-0.25, -0.2) is 0 Å². The second-order valence-electron chi connectivity index (χ2n) is 4.19. The summed E-state index contributed by atoms with van der Waals surface area (Å²) < 4.78 is 9.53. The molecule has 1 aromatic carbocycles. The molecule has 0 aliphatic carbocycles. The Hall–Kier alpha value is -2.24. The van der Waals surface area contributed by atoms with Crippen molar-refractivity contribution >= 4 is 11.9 Å². The summed E-state index contributed by atoms with van der Waals surface area (Å²) in [7, 11) is 2.73. The minimum Gasteiger partial charge on any atom is -0.507 e. The second kappa shape index (κ2) is 7.37. The number of phenolic OH excluding ortho intramolecular Hbond substituents is 1. The van der Waals surface area contributed by atoms with Crippen LogP contribution in [0.4, 0.5) is 0 Å². The fourth-order valence-corrected chi connectivity index (χ4v) is 1.73. The standard InChI is InChI=1S/C14H19NO5/c1-4-7-15(9-13(17)20-3)14(18)11-6-5-10(19-2)8-12(11)16/h5-6,8,16H,4,7,9H2,1-3H3. The van der Waals surface area contributed by atoms with Crippen LogP contribution >= 0.6 is 0 Å². The third-order valence-electron chi connectivity index (χ3n) is 2.76. The Kier molecular flexibility index (Phi) is 5.83. The van der Waals surface area contributed by atoms with Gasteiger partial charge in [-0.1, -0.05) is 6.92 Å². The summed E-state index contributed by atoms with van der Waals surface area (Å²) >= 11 is 0. The quantitative estimate of drug-likeness (QED) is 0.798. The van der Waals surface area contributed by atoms with Crippen molar-refractivity contribution in [3.05, 3.63) is 23.8 Å². The van der Waals surface area contributed by atoms with Crippen LogP contribution in [0, 0.1) is 0 Å². The Balaban J connectivity index is 2.96. The van der Waals surface area contributed by atoms with Crippen molar-refractivity contribution in [2.75, 3.05) is 27.3 Å². The van der Waals surface area contributed by atoms with Crippen molar-refractivity contribution < 1.29 is 24.2 Å². The lowest BCUT2D eigenvalue weighted by molar-refractivity contribution is -0.141. The first-order valence-corrected chi connectivity index (χ1v) is 6.26. The third kappa shape index (κ3) is 3.88. The van der Waals surface area contributed by atoms with Gasteiger partial charge in [0.05, 0.1) is 19.8 Å². The molecule has 0 aliphatic rings. The van der Waals surface area contributed by atoms with Gasteiger partial charge in [0.25, 0.3) is 5.91 Å². The van der Waals surface area contributed by atoms with Crippen LogP contribution in [0.5, 0.6) is 11.5 Å². The fraction of sp³-hybridized carbons (Fsp3) is 0.429. The number of ether oxygens (including phenoxy) is 2. The Morgan fingerprint density at radius 2 is 2.00 bits per heavy atom. The van der Waals surface area contributed by atoms with Gasteiger partial charge in [-0.05, 0) is 18.6 Å². The van der Waals surface area contributed by atoms with E-state index in [-0.39, 0.29) is 17.9 Å². The normalized spacial score (nSPS) is 9.95. The van der Waals surface area contributed by atoms with Crippen molar-refractivity contribution in [2.45, 2.75) is 13.3 Å². The van der Waals surface area contributed by atoms with E-state index >= 15 is 0 Å². The number of carbonyl (C=O) groups excluding carboxylic acids is 2. The molecule has 0 aliphatic heterocycles. The molecule has 6 nitrogen and oxygen atoms in total. The smallest absolute Gasteiger partial charge is 0.325 e. The molecule has 6 heteroatoms.